The quantitative estimate of drug-likeness (QED) is 0.321. The molecule has 0 atom stereocenters. The van der Waals surface area contributed by atoms with Crippen molar-refractivity contribution in [2.75, 3.05) is 13.2 Å². The monoisotopic (exact) mass is 444 g/mol. The van der Waals surface area contributed by atoms with E-state index in [9.17, 15) is 0 Å². The summed E-state index contributed by atoms with van der Waals surface area (Å²) in [6.07, 6.45) is 21.4. The van der Waals surface area contributed by atoms with Gasteiger partial charge in [-0.05, 0) is 162 Å². The maximum absolute atomic E-state index is 6.71. The van der Waals surface area contributed by atoms with Crippen LogP contribution in [0.25, 0.3) is 0 Å². The van der Waals surface area contributed by atoms with E-state index >= 15 is 0 Å². The van der Waals surface area contributed by atoms with Crippen LogP contribution in [0.2, 0.25) is 12.1 Å². The molecule has 8 rings (SSSR count). The zero-order valence-corrected chi connectivity index (χ0v) is 21.5. The first-order chi connectivity index (χ1) is 15.0. The van der Waals surface area contributed by atoms with E-state index < -0.39 is 8.56 Å². The van der Waals surface area contributed by atoms with Crippen molar-refractivity contribution in [1.82, 2.24) is 0 Å². The van der Waals surface area contributed by atoms with E-state index in [1.54, 1.807) is 38.5 Å². The van der Waals surface area contributed by atoms with E-state index in [2.05, 4.69) is 13.8 Å². The van der Waals surface area contributed by atoms with Crippen molar-refractivity contribution in [3.63, 3.8) is 0 Å². The van der Waals surface area contributed by atoms with E-state index in [4.69, 9.17) is 8.85 Å². The summed E-state index contributed by atoms with van der Waals surface area (Å²) in [7, 11) is -2.10. The van der Waals surface area contributed by atoms with Crippen LogP contribution < -0.4 is 0 Å². The zero-order chi connectivity index (χ0) is 21.1. The molecular weight excluding hydrogens is 396 g/mol. The Balaban J connectivity index is 1.15. The van der Waals surface area contributed by atoms with Crippen molar-refractivity contribution in [3.8, 4) is 0 Å². The third kappa shape index (κ3) is 4.12. The molecule has 3 heteroatoms. The molecule has 0 aromatic carbocycles. The summed E-state index contributed by atoms with van der Waals surface area (Å²) in [5, 5.41) is 0. The Kier molecular flexibility index (Phi) is 5.67. The van der Waals surface area contributed by atoms with Crippen molar-refractivity contribution in [2.24, 2.45) is 46.3 Å². The smallest absolute Gasteiger partial charge is 0.338 e. The van der Waals surface area contributed by atoms with Gasteiger partial charge in [0.25, 0.3) is 0 Å². The molecule has 0 unspecified atom stereocenters. The van der Waals surface area contributed by atoms with Gasteiger partial charge in [-0.2, -0.15) is 0 Å². The Morgan fingerprint density at radius 3 is 1.10 bits per heavy atom. The molecule has 8 bridgehead atoms. The third-order valence-electron chi connectivity index (χ3n) is 11.2. The predicted octanol–water partition coefficient (Wildman–Crippen LogP) is 7.71. The topological polar surface area (TPSA) is 18.5 Å². The minimum absolute atomic E-state index is 0.669. The Morgan fingerprint density at radius 1 is 0.548 bits per heavy atom. The summed E-state index contributed by atoms with van der Waals surface area (Å²) in [6, 6.07) is 2.57. The number of hydrogen-bond acceptors (Lipinski definition) is 2. The lowest BCUT2D eigenvalue weighted by Crippen LogP contribution is -2.50. The normalized spacial score (nSPS) is 47.4. The van der Waals surface area contributed by atoms with Crippen molar-refractivity contribution in [1.29, 1.82) is 0 Å². The number of hydrogen-bond donors (Lipinski definition) is 0. The highest BCUT2D eigenvalue weighted by Gasteiger charge is 2.54. The molecule has 2 nitrogen and oxygen atoms in total. The van der Waals surface area contributed by atoms with Crippen LogP contribution in [0.3, 0.4) is 0 Å². The summed E-state index contributed by atoms with van der Waals surface area (Å²) >= 11 is 0. The second kappa shape index (κ2) is 8.12. The van der Waals surface area contributed by atoms with Gasteiger partial charge in [-0.25, -0.2) is 0 Å². The first-order valence-electron chi connectivity index (χ1n) is 14.3. The molecule has 0 aromatic heterocycles. The average Bonchev–Trinajstić information content (AvgIpc) is 2.69. The molecule has 0 heterocycles. The molecule has 8 fully saturated rings. The number of rotatable bonds is 10. The van der Waals surface area contributed by atoms with Gasteiger partial charge < -0.3 is 8.85 Å². The summed E-state index contributed by atoms with van der Waals surface area (Å²) in [5.41, 5.74) is 1.34. The molecule has 0 amide bonds. The predicted molar refractivity (Wildman–Crippen MR) is 129 cm³/mol. The molecule has 0 radical (unpaired) electrons. The van der Waals surface area contributed by atoms with Gasteiger partial charge >= 0.3 is 8.56 Å². The fourth-order valence-corrected chi connectivity index (χ4v) is 14.9. The molecular formula is C28H48O2Si. The van der Waals surface area contributed by atoms with E-state index in [0.29, 0.717) is 10.8 Å². The molecule has 8 saturated carbocycles. The highest BCUT2D eigenvalue weighted by molar-refractivity contribution is 6.67. The fourth-order valence-electron chi connectivity index (χ4n) is 11.1. The standard InChI is InChI=1S/C28H48O2Si/c1-3-29-31(30-4-2,7-5-27-15-21-9-22(16-27)11-23(10-21)17-27)8-6-28-18-24-12-25(19-28)14-26(13-24)20-28/h21-26H,3-20H2,1-2H3. The van der Waals surface area contributed by atoms with Gasteiger partial charge in [0.1, 0.15) is 0 Å². The van der Waals surface area contributed by atoms with Crippen LogP contribution in [0.15, 0.2) is 0 Å². The minimum atomic E-state index is -2.10. The van der Waals surface area contributed by atoms with Crippen LogP contribution in [-0.4, -0.2) is 21.8 Å². The first kappa shape index (κ1) is 21.7. The fraction of sp³-hybridized carbons (Fsp3) is 1.00. The Hall–Kier alpha value is 0.137. The minimum Gasteiger partial charge on any atom is -0.394 e. The summed E-state index contributed by atoms with van der Waals surface area (Å²) in [5.74, 6) is 6.38. The van der Waals surface area contributed by atoms with Gasteiger partial charge in [-0.3, -0.25) is 0 Å². The summed E-state index contributed by atoms with van der Waals surface area (Å²) in [4.78, 5) is 0. The molecule has 176 valence electrons. The van der Waals surface area contributed by atoms with Crippen molar-refractivity contribution in [3.05, 3.63) is 0 Å². The zero-order valence-electron chi connectivity index (χ0n) is 20.5. The van der Waals surface area contributed by atoms with E-state index in [0.717, 1.165) is 48.7 Å². The van der Waals surface area contributed by atoms with Crippen LogP contribution in [0, 0.1) is 46.3 Å². The molecule has 8 aliphatic carbocycles. The van der Waals surface area contributed by atoms with E-state index in [1.165, 1.54) is 63.5 Å². The van der Waals surface area contributed by atoms with Gasteiger partial charge in [0.05, 0.1) is 0 Å². The van der Waals surface area contributed by atoms with Gasteiger partial charge in [-0.15, -0.1) is 0 Å². The SMILES string of the molecule is CCO[Si](CCC12CC3CC(CC(C3)C1)C2)(CCC12CC3CC(CC(C3)C1)C2)OCC. The van der Waals surface area contributed by atoms with Crippen LogP contribution in [0.1, 0.15) is 104 Å². The highest BCUT2D eigenvalue weighted by Crippen LogP contribution is 2.64. The Labute approximate surface area is 192 Å². The highest BCUT2D eigenvalue weighted by atomic mass is 28.4. The lowest BCUT2D eigenvalue weighted by molar-refractivity contribution is -0.0581. The molecule has 0 aliphatic heterocycles. The van der Waals surface area contributed by atoms with Gasteiger partial charge in [0.15, 0.2) is 0 Å². The van der Waals surface area contributed by atoms with Crippen LogP contribution in [0.5, 0.6) is 0 Å². The third-order valence-corrected chi connectivity index (χ3v) is 14.9. The Morgan fingerprint density at radius 2 is 0.839 bits per heavy atom. The summed E-state index contributed by atoms with van der Waals surface area (Å²) in [6.45, 7) is 6.15. The van der Waals surface area contributed by atoms with Gasteiger partial charge in [0, 0.05) is 13.2 Å². The van der Waals surface area contributed by atoms with Crippen molar-refractivity contribution < 1.29 is 8.85 Å². The lowest BCUT2D eigenvalue weighted by atomic mass is 9.49. The van der Waals surface area contributed by atoms with Gasteiger partial charge in [0.2, 0.25) is 0 Å². The maximum Gasteiger partial charge on any atom is 0.338 e. The largest absolute Gasteiger partial charge is 0.394 e. The van der Waals surface area contributed by atoms with Crippen LogP contribution >= 0.6 is 0 Å². The van der Waals surface area contributed by atoms with E-state index in [1.807, 2.05) is 0 Å². The summed E-state index contributed by atoms with van der Waals surface area (Å²) < 4.78 is 13.4. The lowest BCUT2D eigenvalue weighted by Gasteiger charge is -2.58. The van der Waals surface area contributed by atoms with Gasteiger partial charge in [-0.1, -0.05) is 0 Å². The molecule has 8 aliphatic rings. The van der Waals surface area contributed by atoms with Crippen LogP contribution in [-0.2, 0) is 8.85 Å². The molecule has 0 aromatic rings. The molecule has 0 saturated heterocycles. The van der Waals surface area contributed by atoms with Crippen molar-refractivity contribution in [2.45, 2.75) is 116 Å². The second-order valence-electron chi connectivity index (χ2n) is 13.6. The first-order valence-corrected chi connectivity index (χ1v) is 16.5. The molecule has 0 N–H and O–H groups in total. The van der Waals surface area contributed by atoms with E-state index in [-0.39, 0.29) is 0 Å². The Bertz CT molecular complexity index is 531. The van der Waals surface area contributed by atoms with Crippen LogP contribution in [0.4, 0.5) is 0 Å². The molecule has 0 spiro atoms. The second-order valence-corrected chi connectivity index (χ2v) is 17.0. The maximum atomic E-state index is 6.71. The molecule has 31 heavy (non-hydrogen) atoms. The average molecular weight is 445 g/mol. The van der Waals surface area contributed by atoms with Crippen molar-refractivity contribution >= 4 is 8.56 Å².